The Morgan fingerprint density at radius 1 is 1.10 bits per heavy atom. The van der Waals surface area contributed by atoms with Crippen molar-refractivity contribution in [2.75, 3.05) is 0 Å². The molecule has 1 N–H and O–H groups in total. The van der Waals surface area contributed by atoms with Crippen molar-refractivity contribution in [3.63, 3.8) is 0 Å². The minimum Gasteiger partial charge on any atom is -0.292 e. The molecule has 2 aliphatic rings. The van der Waals surface area contributed by atoms with Gasteiger partial charge in [-0.05, 0) is 30.5 Å². The van der Waals surface area contributed by atoms with Gasteiger partial charge in [0.2, 0.25) is 5.13 Å². The predicted octanol–water partition coefficient (Wildman–Crippen LogP) is 4.16. The molecule has 4 heterocycles. The second-order valence-corrected chi connectivity index (χ2v) is 8.17. The highest BCUT2D eigenvalue weighted by atomic mass is 32.2. The van der Waals surface area contributed by atoms with Crippen molar-refractivity contribution in [2.24, 2.45) is 4.99 Å². The van der Waals surface area contributed by atoms with Gasteiger partial charge >= 0.3 is 0 Å². The van der Waals surface area contributed by atoms with Crippen molar-refractivity contribution >= 4 is 46.1 Å². The Hall–Kier alpha value is -3.30. The molecule has 2 aromatic heterocycles. The average Bonchev–Trinajstić information content (AvgIpc) is 3.45. The van der Waals surface area contributed by atoms with Crippen LogP contribution in [0.4, 0.5) is 0 Å². The van der Waals surface area contributed by atoms with E-state index in [4.69, 9.17) is 5.41 Å². The normalized spacial score (nSPS) is 17.6. The largest absolute Gasteiger partial charge is 0.292 e. The lowest BCUT2D eigenvalue weighted by atomic mass is 10.1. The molecule has 0 unspecified atom stereocenters. The monoisotopic (exact) mass is 418 g/mol. The van der Waals surface area contributed by atoms with E-state index in [9.17, 15) is 4.79 Å². The van der Waals surface area contributed by atoms with Gasteiger partial charge in [-0.25, -0.2) is 0 Å². The third-order valence-corrected chi connectivity index (χ3v) is 6.41. The number of nitrogens with one attached hydrogen (secondary N) is 1. The minimum atomic E-state index is -0.410. The molecular formula is C20H14N6OS2. The van der Waals surface area contributed by atoms with Crippen LogP contribution in [0.1, 0.15) is 12.6 Å². The molecule has 1 aromatic carbocycles. The number of carbonyl (C=O) groups is 1. The molecule has 0 fully saturated rings. The summed E-state index contributed by atoms with van der Waals surface area (Å²) in [6.07, 6.45) is 3.55. The average molecular weight is 419 g/mol. The number of allylic oxidation sites excluding steroid dienone is 1. The summed E-state index contributed by atoms with van der Waals surface area (Å²) in [6.45, 7) is 1.90. The molecule has 0 radical (unpaired) electrons. The molecule has 0 saturated heterocycles. The summed E-state index contributed by atoms with van der Waals surface area (Å²) in [4.78, 5) is 18.3. The van der Waals surface area contributed by atoms with Gasteiger partial charge in [0.05, 0.1) is 5.57 Å². The molecule has 0 spiro atoms. The Morgan fingerprint density at radius 2 is 1.93 bits per heavy atom. The van der Waals surface area contributed by atoms with Crippen LogP contribution in [-0.4, -0.2) is 36.6 Å². The number of aliphatic imine (C=N–C) groups is 1. The van der Waals surface area contributed by atoms with Gasteiger partial charge in [0.15, 0.2) is 5.17 Å². The zero-order valence-electron chi connectivity index (χ0n) is 15.2. The molecule has 3 aromatic rings. The number of fused-ring (bicyclic) bond motifs is 1. The Balaban J connectivity index is 1.52. The summed E-state index contributed by atoms with van der Waals surface area (Å²) in [6, 6.07) is 13.6. The maximum absolute atomic E-state index is 12.5. The predicted molar refractivity (Wildman–Crippen MR) is 116 cm³/mol. The van der Waals surface area contributed by atoms with E-state index in [0.29, 0.717) is 10.3 Å². The van der Waals surface area contributed by atoms with Crippen molar-refractivity contribution in [3.8, 4) is 15.7 Å². The topological polar surface area (TPSA) is 87.2 Å². The van der Waals surface area contributed by atoms with Crippen LogP contribution in [-0.2, 0) is 4.79 Å². The highest BCUT2D eigenvalue weighted by Gasteiger charge is 2.34. The van der Waals surface area contributed by atoms with E-state index in [0.717, 1.165) is 22.0 Å². The fraction of sp³-hybridized carbons (Fsp3) is 0.0500. The Bertz CT molecular complexity index is 1230. The third-order valence-electron chi connectivity index (χ3n) is 4.50. The van der Waals surface area contributed by atoms with Gasteiger partial charge in [0.1, 0.15) is 10.8 Å². The van der Waals surface area contributed by atoms with Crippen molar-refractivity contribution in [3.05, 3.63) is 71.0 Å². The Labute approximate surface area is 174 Å². The SMILES string of the molecule is CC1=CSC2=NC(=O)/C(=C\c3cccn3-c3nnc(-c4ccccc4)s3)C(=N)N12. The molecule has 0 atom stereocenters. The maximum atomic E-state index is 12.5. The van der Waals surface area contributed by atoms with Crippen LogP contribution < -0.4 is 0 Å². The Morgan fingerprint density at radius 3 is 2.76 bits per heavy atom. The quantitative estimate of drug-likeness (QED) is 0.645. The standard InChI is InChI=1S/C20H14N6OS2/c1-12-11-28-19-22-17(27)15(16(21)26(12)19)10-14-8-5-9-25(14)20-24-23-18(29-20)13-6-3-2-4-7-13/h2-11,21H,1H3/b15-10-,21-16?. The molecule has 2 aliphatic heterocycles. The smallest absolute Gasteiger partial charge is 0.283 e. The van der Waals surface area contributed by atoms with E-state index in [1.807, 2.05) is 65.6 Å². The number of amides is 1. The molecule has 29 heavy (non-hydrogen) atoms. The lowest BCUT2D eigenvalue weighted by Gasteiger charge is -2.25. The van der Waals surface area contributed by atoms with Crippen LogP contribution >= 0.6 is 23.1 Å². The molecular weight excluding hydrogens is 404 g/mol. The lowest BCUT2D eigenvalue weighted by Crippen LogP contribution is -2.37. The van der Waals surface area contributed by atoms with Gasteiger partial charge < -0.3 is 0 Å². The minimum absolute atomic E-state index is 0.133. The second-order valence-electron chi connectivity index (χ2n) is 6.38. The molecule has 0 saturated carbocycles. The van der Waals surface area contributed by atoms with Gasteiger partial charge in [-0.3, -0.25) is 19.7 Å². The van der Waals surface area contributed by atoms with Crippen LogP contribution in [0.3, 0.4) is 0 Å². The first kappa shape index (κ1) is 17.8. The number of benzene rings is 1. The summed E-state index contributed by atoms with van der Waals surface area (Å²) in [5.74, 6) is -0.277. The van der Waals surface area contributed by atoms with E-state index in [1.54, 1.807) is 11.0 Å². The summed E-state index contributed by atoms with van der Waals surface area (Å²) < 4.78 is 1.86. The van der Waals surface area contributed by atoms with Gasteiger partial charge in [-0.15, -0.1) is 10.2 Å². The number of nitrogens with zero attached hydrogens (tertiary/aromatic N) is 5. The number of thioether (sulfide) groups is 1. The number of rotatable bonds is 3. The van der Waals surface area contributed by atoms with Crippen molar-refractivity contribution in [1.29, 1.82) is 5.41 Å². The fourth-order valence-corrected chi connectivity index (χ4v) is 4.80. The summed E-state index contributed by atoms with van der Waals surface area (Å²) in [7, 11) is 0. The van der Waals surface area contributed by atoms with Gasteiger partial charge in [0.25, 0.3) is 5.91 Å². The molecule has 5 rings (SSSR count). The first-order valence-electron chi connectivity index (χ1n) is 8.75. The van der Waals surface area contributed by atoms with E-state index < -0.39 is 5.91 Å². The Kier molecular flexibility index (Phi) is 4.26. The molecule has 1 amide bonds. The zero-order chi connectivity index (χ0) is 20.0. The molecule has 9 heteroatoms. The number of hydrogen-bond donors (Lipinski definition) is 1. The highest BCUT2D eigenvalue weighted by molar-refractivity contribution is 8.16. The second kappa shape index (κ2) is 6.94. The first-order valence-corrected chi connectivity index (χ1v) is 10.5. The van der Waals surface area contributed by atoms with E-state index in [2.05, 4.69) is 15.2 Å². The zero-order valence-corrected chi connectivity index (χ0v) is 16.9. The number of carbonyl (C=O) groups excluding carboxylic acids is 1. The van der Waals surface area contributed by atoms with Gasteiger partial charge in [-0.2, -0.15) is 4.99 Å². The van der Waals surface area contributed by atoms with Crippen LogP contribution in [0, 0.1) is 5.41 Å². The van der Waals surface area contributed by atoms with Gasteiger partial charge in [0, 0.05) is 23.2 Å². The van der Waals surface area contributed by atoms with E-state index >= 15 is 0 Å². The number of amidine groups is 2. The van der Waals surface area contributed by atoms with Gasteiger partial charge in [-0.1, -0.05) is 53.4 Å². The van der Waals surface area contributed by atoms with Crippen LogP contribution in [0.15, 0.2) is 70.3 Å². The summed E-state index contributed by atoms with van der Waals surface area (Å²) in [5, 5.41) is 21.0. The van der Waals surface area contributed by atoms with Crippen molar-refractivity contribution < 1.29 is 4.79 Å². The first-order chi connectivity index (χ1) is 14.1. The van der Waals surface area contributed by atoms with E-state index in [-0.39, 0.29) is 11.4 Å². The van der Waals surface area contributed by atoms with Crippen LogP contribution in [0.25, 0.3) is 21.8 Å². The molecule has 0 aliphatic carbocycles. The molecule has 142 valence electrons. The maximum Gasteiger partial charge on any atom is 0.283 e. The fourth-order valence-electron chi connectivity index (χ4n) is 3.09. The van der Waals surface area contributed by atoms with Crippen LogP contribution in [0.5, 0.6) is 0 Å². The summed E-state index contributed by atoms with van der Waals surface area (Å²) in [5.41, 5.74) is 2.87. The summed E-state index contributed by atoms with van der Waals surface area (Å²) >= 11 is 2.82. The third kappa shape index (κ3) is 3.04. The number of aromatic nitrogens is 3. The highest BCUT2D eigenvalue weighted by Crippen LogP contribution is 2.32. The molecule has 7 nitrogen and oxygen atoms in total. The van der Waals surface area contributed by atoms with Crippen LogP contribution in [0.2, 0.25) is 0 Å². The van der Waals surface area contributed by atoms with E-state index in [1.165, 1.54) is 23.1 Å². The van der Waals surface area contributed by atoms with Crippen molar-refractivity contribution in [1.82, 2.24) is 19.7 Å². The molecule has 0 bridgehead atoms. The number of hydrogen-bond acceptors (Lipinski definition) is 6. The van der Waals surface area contributed by atoms with Crippen molar-refractivity contribution in [2.45, 2.75) is 6.92 Å². The lowest BCUT2D eigenvalue weighted by molar-refractivity contribution is -0.114.